The van der Waals surface area contributed by atoms with E-state index < -0.39 is 0 Å². The van der Waals surface area contributed by atoms with E-state index in [4.69, 9.17) is 5.26 Å². The van der Waals surface area contributed by atoms with Crippen molar-refractivity contribution in [1.29, 1.82) is 0 Å². The summed E-state index contributed by atoms with van der Waals surface area (Å²) in [5, 5.41) is 17.6. The molecule has 0 aromatic heterocycles. The van der Waals surface area contributed by atoms with Gasteiger partial charge in [-0.1, -0.05) is 19.8 Å². The Kier molecular flexibility index (Phi) is 13.6. The third-order valence-electron chi connectivity index (χ3n) is 2.08. The average molecular weight is 219 g/mol. The van der Waals surface area contributed by atoms with Crippen molar-refractivity contribution in [3.05, 3.63) is 0 Å². The zero-order chi connectivity index (χ0) is 11.2. The van der Waals surface area contributed by atoms with Crippen LogP contribution in [0.15, 0.2) is 0 Å². The summed E-state index contributed by atoms with van der Waals surface area (Å²) < 4.78 is 0. The highest BCUT2D eigenvalue weighted by Gasteiger charge is 1.89. The average Bonchev–Trinajstić information content (AvgIpc) is 2.26. The molecule has 0 atom stereocenters. The smallest absolute Gasteiger partial charge is 0.132 e. The topological polar surface area (TPSA) is 65.5 Å². The summed E-state index contributed by atoms with van der Waals surface area (Å²) in [6, 6.07) is 0. The Hall–Kier alpha value is -0.200. The van der Waals surface area contributed by atoms with E-state index >= 15 is 0 Å². The van der Waals surface area contributed by atoms with Crippen molar-refractivity contribution in [2.45, 2.75) is 26.2 Å². The molecule has 0 aromatic carbocycles. The molecule has 0 rings (SSSR count). The summed E-state index contributed by atoms with van der Waals surface area (Å²) >= 11 is 0. The molecule has 0 fully saturated rings. The molecular formula is C10H25N3O2. The minimum absolute atomic E-state index is 0.191. The van der Waals surface area contributed by atoms with E-state index in [0.717, 1.165) is 32.7 Å². The normalized spacial score (nSPS) is 10.8. The van der Waals surface area contributed by atoms with Gasteiger partial charge in [-0.2, -0.15) is 0 Å². The van der Waals surface area contributed by atoms with Crippen LogP contribution in [0.3, 0.4) is 0 Å². The van der Waals surface area contributed by atoms with Crippen molar-refractivity contribution >= 4 is 0 Å². The van der Waals surface area contributed by atoms with E-state index in [9.17, 15) is 0 Å². The molecule has 0 saturated heterocycles. The van der Waals surface area contributed by atoms with E-state index in [1.165, 1.54) is 19.3 Å². The van der Waals surface area contributed by atoms with Crippen LogP contribution in [0.25, 0.3) is 0 Å². The lowest BCUT2D eigenvalue weighted by Crippen LogP contribution is -2.33. The Bertz CT molecular complexity index is 103. The number of unbranched alkanes of at least 4 members (excludes halogenated alkanes) is 2. The molecule has 15 heavy (non-hydrogen) atoms. The first kappa shape index (κ1) is 14.8. The van der Waals surface area contributed by atoms with E-state index in [2.05, 4.69) is 27.8 Å². The van der Waals surface area contributed by atoms with Gasteiger partial charge in [0.1, 0.15) is 6.73 Å². The van der Waals surface area contributed by atoms with Crippen LogP contribution < -0.4 is 16.0 Å². The molecule has 5 heteroatoms. The molecule has 92 valence electrons. The molecule has 0 amide bonds. The SMILES string of the molecule is CCCCCNCCNCCNCOO. The molecule has 5 nitrogen and oxygen atoms in total. The Morgan fingerprint density at radius 1 is 0.867 bits per heavy atom. The summed E-state index contributed by atoms with van der Waals surface area (Å²) in [6.45, 7) is 7.21. The standard InChI is InChI=1S/C10H25N3O2/c1-2-3-4-5-11-6-7-12-8-9-13-10-15-14/h11-14H,2-10H2,1H3. The fourth-order valence-electron chi connectivity index (χ4n) is 1.22. The van der Waals surface area contributed by atoms with Crippen LogP contribution >= 0.6 is 0 Å². The van der Waals surface area contributed by atoms with E-state index in [0.29, 0.717) is 0 Å². The molecule has 0 aliphatic rings. The predicted octanol–water partition coefficient (Wildman–Crippen LogP) is 0.393. The predicted molar refractivity (Wildman–Crippen MR) is 61.8 cm³/mol. The van der Waals surface area contributed by atoms with Crippen molar-refractivity contribution in [1.82, 2.24) is 16.0 Å². The van der Waals surface area contributed by atoms with Crippen LogP contribution in [0, 0.1) is 0 Å². The van der Waals surface area contributed by atoms with E-state index in [1.807, 2.05) is 0 Å². The lowest BCUT2D eigenvalue weighted by atomic mass is 10.2. The van der Waals surface area contributed by atoms with Gasteiger partial charge in [0.15, 0.2) is 0 Å². The number of nitrogens with one attached hydrogen (secondary N) is 3. The number of hydrogen-bond acceptors (Lipinski definition) is 5. The maximum absolute atomic E-state index is 8.02. The van der Waals surface area contributed by atoms with Crippen molar-refractivity contribution in [2.24, 2.45) is 0 Å². The van der Waals surface area contributed by atoms with Gasteiger partial charge in [-0.05, 0) is 13.0 Å². The minimum atomic E-state index is 0.191. The van der Waals surface area contributed by atoms with E-state index in [1.54, 1.807) is 0 Å². The van der Waals surface area contributed by atoms with E-state index in [-0.39, 0.29) is 6.73 Å². The molecule has 0 aromatic rings. The summed E-state index contributed by atoms with van der Waals surface area (Å²) in [6.07, 6.45) is 3.86. The second-order valence-electron chi connectivity index (χ2n) is 3.48. The summed E-state index contributed by atoms with van der Waals surface area (Å²) in [4.78, 5) is 3.87. The second-order valence-corrected chi connectivity index (χ2v) is 3.48. The minimum Gasteiger partial charge on any atom is -0.315 e. The Morgan fingerprint density at radius 3 is 2.07 bits per heavy atom. The maximum atomic E-state index is 8.02. The number of hydrogen-bond donors (Lipinski definition) is 4. The van der Waals surface area contributed by atoms with Gasteiger partial charge in [0.25, 0.3) is 0 Å². The quantitative estimate of drug-likeness (QED) is 0.165. The van der Waals surface area contributed by atoms with Gasteiger partial charge in [0, 0.05) is 26.2 Å². The van der Waals surface area contributed by atoms with Crippen LogP contribution in [-0.2, 0) is 4.89 Å². The van der Waals surface area contributed by atoms with Crippen molar-refractivity contribution in [3.63, 3.8) is 0 Å². The van der Waals surface area contributed by atoms with Crippen molar-refractivity contribution in [2.75, 3.05) is 39.5 Å². The van der Waals surface area contributed by atoms with Gasteiger partial charge in [0.2, 0.25) is 0 Å². The molecule has 0 unspecified atom stereocenters. The van der Waals surface area contributed by atoms with Gasteiger partial charge >= 0.3 is 0 Å². The summed E-state index contributed by atoms with van der Waals surface area (Å²) in [7, 11) is 0. The highest BCUT2D eigenvalue weighted by Crippen LogP contribution is 1.90. The Balaban J connectivity index is 2.81. The van der Waals surface area contributed by atoms with Crippen LogP contribution in [0.2, 0.25) is 0 Å². The van der Waals surface area contributed by atoms with Gasteiger partial charge in [-0.25, -0.2) is 4.89 Å². The highest BCUT2D eigenvalue weighted by atomic mass is 17.1. The van der Waals surface area contributed by atoms with Gasteiger partial charge in [-0.3, -0.25) is 10.6 Å². The molecular weight excluding hydrogens is 194 g/mol. The van der Waals surface area contributed by atoms with Crippen LogP contribution in [0.4, 0.5) is 0 Å². The van der Waals surface area contributed by atoms with Gasteiger partial charge in [-0.15, -0.1) is 0 Å². The lowest BCUT2D eigenvalue weighted by molar-refractivity contribution is -0.247. The molecule has 0 saturated carbocycles. The maximum Gasteiger partial charge on any atom is 0.132 e. The molecule has 0 aliphatic heterocycles. The largest absolute Gasteiger partial charge is 0.315 e. The molecule has 0 bridgehead atoms. The number of rotatable bonds is 12. The van der Waals surface area contributed by atoms with Gasteiger partial charge in [0.05, 0.1) is 0 Å². The Labute approximate surface area is 92.5 Å². The highest BCUT2D eigenvalue weighted by molar-refractivity contribution is 4.53. The fourth-order valence-corrected chi connectivity index (χ4v) is 1.22. The fraction of sp³-hybridized carbons (Fsp3) is 1.00. The first-order valence-corrected chi connectivity index (χ1v) is 5.80. The third-order valence-corrected chi connectivity index (χ3v) is 2.08. The zero-order valence-corrected chi connectivity index (χ0v) is 9.72. The first-order valence-electron chi connectivity index (χ1n) is 5.80. The van der Waals surface area contributed by atoms with Crippen molar-refractivity contribution < 1.29 is 10.1 Å². The summed E-state index contributed by atoms with van der Waals surface area (Å²) in [5.41, 5.74) is 0. The lowest BCUT2D eigenvalue weighted by Gasteiger charge is -2.06. The second kappa shape index (κ2) is 13.8. The first-order chi connectivity index (χ1) is 7.41. The van der Waals surface area contributed by atoms with Crippen LogP contribution in [-0.4, -0.2) is 44.7 Å². The van der Waals surface area contributed by atoms with Crippen LogP contribution in [0.5, 0.6) is 0 Å². The monoisotopic (exact) mass is 219 g/mol. The molecule has 0 radical (unpaired) electrons. The Morgan fingerprint density at radius 2 is 1.47 bits per heavy atom. The third kappa shape index (κ3) is 13.8. The molecule has 0 aliphatic carbocycles. The molecule has 0 spiro atoms. The zero-order valence-electron chi connectivity index (χ0n) is 9.72. The van der Waals surface area contributed by atoms with Crippen molar-refractivity contribution in [3.8, 4) is 0 Å². The summed E-state index contributed by atoms with van der Waals surface area (Å²) in [5.74, 6) is 0. The van der Waals surface area contributed by atoms with Crippen LogP contribution in [0.1, 0.15) is 26.2 Å². The van der Waals surface area contributed by atoms with Gasteiger partial charge < -0.3 is 10.6 Å². The molecule has 4 N–H and O–H groups in total. The molecule has 0 heterocycles.